The Bertz CT molecular complexity index is 1320. The quantitative estimate of drug-likeness (QED) is 0.407. The first-order chi connectivity index (χ1) is 13.1. The summed E-state index contributed by atoms with van der Waals surface area (Å²) in [5, 5.41) is 12.1. The molecule has 0 aliphatic heterocycles. The van der Waals surface area contributed by atoms with Crippen LogP contribution in [0.15, 0.2) is 79.7 Å². The maximum Gasteiger partial charge on any atom is 0.294 e. The van der Waals surface area contributed by atoms with Crippen LogP contribution in [-0.2, 0) is 20.2 Å². The van der Waals surface area contributed by atoms with Gasteiger partial charge in [0.05, 0.1) is 26.9 Å². The number of azo groups is 1. The third kappa shape index (κ3) is 4.09. The van der Waals surface area contributed by atoms with Crippen molar-refractivity contribution in [3.05, 3.63) is 54.6 Å². The van der Waals surface area contributed by atoms with Gasteiger partial charge in [-0.2, -0.15) is 27.1 Å². The second-order valence-corrected chi connectivity index (χ2v) is 8.41. The minimum atomic E-state index is -4.43. The van der Waals surface area contributed by atoms with Gasteiger partial charge in [0, 0.05) is 10.8 Å². The molecule has 144 valence electrons. The zero-order valence-corrected chi connectivity index (χ0v) is 15.5. The van der Waals surface area contributed by atoms with Gasteiger partial charge in [0.25, 0.3) is 20.2 Å². The van der Waals surface area contributed by atoms with Gasteiger partial charge in [-0.3, -0.25) is 9.11 Å². The molecule has 0 saturated carbocycles. The van der Waals surface area contributed by atoms with E-state index in [0.717, 1.165) is 0 Å². The Morgan fingerprint density at radius 2 is 1.25 bits per heavy atom. The van der Waals surface area contributed by atoms with Gasteiger partial charge >= 0.3 is 0 Å². The SMILES string of the molecule is N=Nc1ccc(N=Nc2ccc(S(=O)(=O)O)cc2)c2ccc(S(=O)(=O)O)cc12. The normalized spacial score (nSPS) is 12.5. The van der Waals surface area contributed by atoms with Crippen LogP contribution in [0.4, 0.5) is 17.1 Å². The molecule has 3 rings (SSSR count). The van der Waals surface area contributed by atoms with Gasteiger partial charge in [0.1, 0.15) is 0 Å². The minimum Gasteiger partial charge on any atom is -0.282 e. The van der Waals surface area contributed by atoms with Gasteiger partial charge in [-0.15, -0.1) is 5.11 Å². The predicted molar refractivity (Wildman–Crippen MR) is 99.0 cm³/mol. The van der Waals surface area contributed by atoms with E-state index in [4.69, 9.17) is 10.1 Å². The molecule has 28 heavy (non-hydrogen) atoms. The summed E-state index contributed by atoms with van der Waals surface area (Å²) in [6.07, 6.45) is 0. The van der Waals surface area contributed by atoms with E-state index < -0.39 is 20.2 Å². The lowest BCUT2D eigenvalue weighted by Crippen LogP contribution is -1.97. The first-order valence-corrected chi connectivity index (χ1v) is 10.4. The summed E-state index contributed by atoms with van der Waals surface area (Å²) in [4.78, 5) is -0.629. The molecule has 12 heteroatoms. The third-order valence-electron chi connectivity index (χ3n) is 3.77. The van der Waals surface area contributed by atoms with Crippen molar-refractivity contribution in [3.8, 4) is 0 Å². The van der Waals surface area contributed by atoms with Crippen LogP contribution < -0.4 is 0 Å². The van der Waals surface area contributed by atoms with E-state index in [0.29, 0.717) is 16.8 Å². The number of nitrogens with zero attached hydrogens (tertiary/aromatic N) is 3. The largest absolute Gasteiger partial charge is 0.294 e. The van der Waals surface area contributed by atoms with Crippen molar-refractivity contribution >= 4 is 48.1 Å². The smallest absolute Gasteiger partial charge is 0.282 e. The average Bonchev–Trinajstić information content (AvgIpc) is 2.64. The number of hydrogen-bond acceptors (Lipinski definition) is 8. The molecule has 3 aromatic carbocycles. The van der Waals surface area contributed by atoms with Crippen LogP contribution in [0.25, 0.3) is 10.8 Å². The lowest BCUT2D eigenvalue weighted by Gasteiger charge is -2.06. The fourth-order valence-electron chi connectivity index (χ4n) is 2.44. The highest BCUT2D eigenvalue weighted by Crippen LogP contribution is 2.35. The van der Waals surface area contributed by atoms with Gasteiger partial charge in [-0.1, -0.05) is 6.07 Å². The third-order valence-corrected chi connectivity index (χ3v) is 5.49. The maximum absolute atomic E-state index is 11.3. The summed E-state index contributed by atoms with van der Waals surface area (Å²) in [5.41, 5.74) is 8.04. The van der Waals surface area contributed by atoms with E-state index in [1.54, 1.807) is 0 Å². The van der Waals surface area contributed by atoms with Crippen LogP contribution in [-0.4, -0.2) is 25.9 Å². The zero-order valence-electron chi connectivity index (χ0n) is 13.9. The fraction of sp³-hybridized carbons (Fsp3) is 0. The van der Waals surface area contributed by atoms with Crippen LogP contribution in [0.5, 0.6) is 0 Å². The van der Waals surface area contributed by atoms with Crippen molar-refractivity contribution in [2.24, 2.45) is 15.3 Å². The highest BCUT2D eigenvalue weighted by molar-refractivity contribution is 7.86. The molecule has 0 bridgehead atoms. The van der Waals surface area contributed by atoms with Crippen molar-refractivity contribution in [1.29, 1.82) is 5.53 Å². The second kappa shape index (κ2) is 7.16. The summed E-state index contributed by atoms with van der Waals surface area (Å²) < 4.78 is 63.0. The Labute approximate surface area is 159 Å². The van der Waals surface area contributed by atoms with Gasteiger partial charge in [0.2, 0.25) is 0 Å². The Hall–Kier alpha value is -3.06. The van der Waals surface area contributed by atoms with Crippen LogP contribution >= 0.6 is 0 Å². The van der Waals surface area contributed by atoms with Crippen molar-refractivity contribution in [1.82, 2.24) is 0 Å². The fourth-order valence-corrected chi connectivity index (χ4v) is 3.42. The van der Waals surface area contributed by atoms with Gasteiger partial charge in [0.15, 0.2) is 0 Å². The standard InChI is InChI=1S/C16H12N4O6S2/c17-18-15-7-8-16(13-6-5-12(9-14(13)15)28(24,25)26)20-19-10-1-3-11(4-2-10)27(21,22)23/h1-9,17H,(H,21,22,23)(H,24,25,26). The molecule has 0 heterocycles. The summed E-state index contributed by atoms with van der Waals surface area (Å²) in [5.74, 6) is 0. The molecule has 0 spiro atoms. The molecule has 0 aromatic heterocycles. The molecular weight excluding hydrogens is 408 g/mol. The highest BCUT2D eigenvalue weighted by Gasteiger charge is 2.14. The van der Waals surface area contributed by atoms with Crippen LogP contribution in [0.3, 0.4) is 0 Å². The Morgan fingerprint density at radius 3 is 1.82 bits per heavy atom. The van der Waals surface area contributed by atoms with E-state index in [9.17, 15) is 21.4 Å². The molecular formula is C16H12N4O6S2. The van der Waals surface area contributed by atoms with Crippen LogP contribution in [0.2, 0.25) is 0 Å². The Balaban J connectivity index is 2.06. The summed E-state index contributed by atoms with van der Waals surface area (Å²) >= 11 is 0. The molecule has 0 amide bonds. The number of fused-ring (bicyclic) bond motifs is 1. The second-order valence-electron chi connectivity index (χ2n) is 5.57. The summed E-state index contributed by atoms with van der Waals surface area (Å²) in [6.45, 7) is 0. The molecule has 0 saturated heterocycles. The van der Waals surface area contributed by atoms with E-state index >= 15 is 0 Å². The zero-order chi connectivity index (χ0) is 20.5. The molecule has 0 radical (unpaired) electrons. The summed E-state index contributed by atoms with van der Waals surface area (Å²) in [7, 11) is -8.74. The van der Waals surface area contributed by atoms with Crippen LogP contribution in [0, 0.1) is 5.53 Å². The van der Waals surface area contributed by atoms with Gasteiger partial charge in [-0.25, -0.2) is 5.53 Å². The van der Waals surface area contributed by atoms with E-state index in [-0.39, 0.29) is 20.9 Å². The molecule has 0 atom stereocenters. The van der Waals surface area contributed by atoms with E-state index in [2.05, 4.69) is 15.3 Å². The molecule has 0 aliphatic carbocycles. The van der Waals surface area contributed by atoms with Gasteiger partial charge in [-0.05, 0) is 48.5 Å². The lowest BCUT2D eigenvalue weighted by atomic mass is 10.1. The Morgan fingerprint density at radius 1 is 0.679 bits per heavy atom. The first kappa shape index (κ1) is 19.7. The van der Waals surface area contributed by atoms with E-state index in [1.165, 1.54) is 54.6 Å². The van der Waals surface area contributed by atoms with Gasteiger partial charge < -0.3 is 0 Å². The monoisotopic (exact) mass is 420 g/mol. The Kier molecular flexibility index (Phi) is 5.04. The van der Waals surface area contributed by atoms with Crippen molar-refractivity contribution in [2.75, 3.05) is 0 Å². The number of rotatable bonds is 5. The topological polar surface area (TPSA) is 170 Å². The molecule has 3 N–H and O–H groups in total. The van der Waals surface area contributed by atoms with Crippen molar-refractivity contribution < 1.29 is 25.9 Å². The van der Waals surface area contributed by atoms with Crippen molar-refractivity contribution in [3.63, 3.8) is 0 Å². The highest BCUT2D eigenvalue weighted by atomic mass is 32.2. The molecule has 3 aromatic rings. The molecule has 0 aliphatic rings. The average molecular weight is 420 g/mol. The number of hydrogen-bond donors (Lipinski definition) is 3. The predicted octanol–water partition coefficient (Wildman–Crippen LogP) is 4.41. The molecule has 0 unspecified atom stereocenters. The maximum atomic E-state index is 11.3. The number of nitrogens with one attached hydrogen (secondary N) is 1. The number of benzene rings is 3. The van der Waals surface area contributed by atoms with Crippen LogP contribution in [0.1, 0.15) is 0 Å². The van der Waals surface area contributed by atoms with Crippen molar-refractivity contribution in [2.45, 2.75) is 9.79 Å². The van der Waals surface area contributed by atoms with E-state index in [1.807, 2.05) is 0 Å². The minimum absolute atomic E-state index is 0.178. The molecule has 10 nitrogen and oxygen atoms in total. The first-order valence-electron chi connectivity index (χ1n) is 7.50. The summed E-state index contributed by atoms with van der Waals surface area (Å²) in [6, 6.07) is 11.8. The lowest BCUT2D eigenvalue weighted by molar-refractivity contribution is 0.481. The molecule has 0 fully saturated rings.